The van der Waals surface area contributed by atoms with Crippen LogP contribution in [0.5, 0.6) is 0 Å². The summed E-state index contributed by atoms with van der Waals surface area (Å²) in [4.78, 5) is 22.6. The molecule has 0 bridgehead atoms. The van der Waals surface area contributed by atoms with E-state index in [0.29, 0.717) is 12.8 Å². The van der Waals surface area contributed by atoms with Crippen LogP contribution in [-0.2, 0) is 45.1 Å². The van der Waals surface area contributed by atoms with E-state index in [1.807, 2.05) is 0 Å². The van der Waals surface area contributed by atoms with Gasteiger partial charge in [0.05, 0.1) is 16.4 Å². The summed E-state index contributed by atoms with van der Waals surface area (Å²) in [7, 11) is -1.17. The number of unbranched alkanes of at least 4 members (excludes halogenated alkanes) is 1. The van der Waals surface area contributed by atoms with Gasteiger partial charge in [0.15, 0.2) is 23.0 Å². The molecule has 2 atom stereocenters. The molecule has 7 nitrogen and oxygen atoms in total. The van der Waals surface area contributed by atoms with E-state index in [9.17, 15) is 18.0 Å². The molecule has 0 aromatic heterocycles. The van der Waals surface area contributed by atoms with Crippen LogP contribution >= 0.6 is 0 Å². The summed E-state index contributed by atoms with van der Waals surface area (Å²) in [6, 6.07) is 0. The minimum absolute atomic E-state index is 0.111. The minimum atomic E-state index is -1.68. The molecule has 9 heteroatoms. The molecule has 0 aromatic carbocycles. The van der Waals surface area contributed by atoms with Gasteiger partial charge in [-0.05, 0) is 33.6 Å². The van der Waals surface area contributed by atoms with Gasteiger partial charge in [-0.2, -0.15) is 0 Å². The van der Waals surface area contributed by atoms with Gasteiger partial charge >= 0.3 is 11.9 Å². The van der Waals surface area contributed by atoms with Crippen LogP contribution in [0.25, 0.3) is 0 Å². The first kappa shape index (κ1) is 21.2. The number of ether oxygens (including phenoxy) is 2. The molecule has 130 valence electrons. The van der Waals surface area contributed by atoms with Crippen LogP contribution in [0.4, 0.5) is 0 Å². The second-order valence-electron chi connectivity index (χ2n) is 5.55. The number of hydrogen-bond donors (Lipinski definition) is 0. The van der Waals surface area contributed by atoms with Crippen LogP contribution in [0, 0.1) is 0 Å². The number of carbonyl (C=O) groups excluding carboxylic acids is 2. The molecule has 0 heterocycles. The quantitative estimate of drug-likeness (QED) is 0.431. The summed E-state index contributed by atoms with van der Waals surface area (Å²) in [5.41, 5.74) is -0.570. The Bertz CT molecular complexity index is 415. The van der Waals surface area contributed by atoms with Gasteiger partial charge in [-0.1, -0.05) is 0 Å². The molecule has 0 amide bonds. The Morgan fingerprint density at radius 1 is 0.909 bits per heavy atom. The Balaban J connectivity index is 3.68. The van der Waals surface area contributed by atoms with Gasteiger partial charge in [0.2, 0.25) is 0 Å². The highest BCUT2D eigenvalue weighted by molar-refractivity contribution is 7.84. The fraction of sp³-hybridized carbons (Fsp3) is 0.846. The summed E-state index contributed by atoms with van der Waals surface area (Å²) < 4.78 is 36.8. The summed E-state index contributed by atoms with van der Waals surface area (Å²) in [5.74, 6) is -1.35. The Labute approximate surface area is 136 Å². The predicted octanol–water partition coefficient (Wildman–Crippen LogP) is 1.41. The normalized spacial score (nSPS) is 14.2. The average Bonchev–Trinajstić information content (AvgIpc) is 2.37. The number of esters is 2. The van der Waals surface area contributed by atoms with Crippen molar-refractivity contribution in [2.75, 3.05) is 18.1 Å². The molecule has 0 rings (SSSR count). The van der Waals surface area contributed by atoms with Crippen LogP contribution in [0.3, 0.4) is 0 Å². The number of hydrogen-bond acceptors (Lipinski definition) is 7. The third-order valence-electron chi connectivity index (χ3n) is 2.06. The van der Waals surface area contributed by atoms with Crippen molar-refractivity contribution in [1.29, 1.82) is 0 Å². The Morgan fingerprint density at radius 3 is 1.77 bits per heavy atom. The van der Waals surface area contributed by atoms with Crippen LogP contribution in [0.2, 0.25) is 0 Å². The molecule has 22 heavy (non-hydrogen) atoms. The minimum Gasteiger partial charge on any atom is -0.452 e. The summed E-state index contributed by atoms with van der Waals surface area (Å²) in [5, 5.41) is 0. The second kappa shape index (κ2) is 10.8. The maximum Gasteiger partial charge on any atom is 0.306 e. The van der Waals surface area contributed by atoms with Gasteiger partial charge in [0.1, 0.15) is 0 Å². The van der Waals surface area contributed by atoms with Crippen LogP contribution in [-0.4, -0.2) is 44.1 Å². The lowest BCUT2D eigenvalue weighted by Gasteiger charge is -2.17. The molecule has 0 aromatic rings. The van der Waals surface area contributed by atoms with Gasteiger partial charge in [-0.3, -0.25) is 18.0 Å². The largest absolute Gasteiger partial charge is 0.452 e. The lowest BCUT2D eigenvalue weighted by atomic mass is 10.2. The van der Waals surface area contributed by atoms with E-state index in [2.05, 4.69) is 0 Å². The van der Waals surface area contributed by atoms with Gasteiger partial charge in [-0.15, -0.1) is 0 Å². The monoisotopic (exact) mass is 356 g/mol. The van der Waals surface area contributed by atoms with E-state index < -0.39 is 39.4 Å². The zero-order chi connectivity index (χ0) is 17.2. The molecule has 0 saturated heterocycles. The first-order chi connectivity index (χ1) is 10.1. The van der Waals surface area contributed by atoms with E-state index >= 15 is 0 Å². The van der Waals surface area contributed by atoms with Gasteiger partial charge in [-0.25, -0.2) is 4.21 Å². The van der Waals surface area contributed by atoms with Crippen molar-refractivity contribution in [2.24, 2.45) is 0 Å². The molecular formula is C13H24O7S2. The molecule has 0 aliphatic carbocycles. The van der Waals surface area contributed by atoms with Crippen molar-refractivity contribution < 1.29 is 31.7 Å². The fourth-order valence-electron chi connectivity index (χ4n) is 1.25. The third-order valence-corrected chi connectivity index (χ3v) is 3.50. The summed E-state index contributed by atoms with van der Waals surface area (Å²) >= 11 is -1.68. The Kier molecular flexibility index (Phi) is 10.5. The van der Waals surface area contributed by atoms with Crippen molar-refractivity contribution in [3.05, 3.63) is 0 Å². The molecule has 0 aliphatic heterocycles. The zero-order valence-electron chi connectivity index (χ0n) is 13.4. The SMILES string of the molecule is CS(=O)COC(=O)CCCCC(=O)OCS(=O)OC(C)(C)C. The fourth-order valence-corrected chi connectivity index (χ4v) is 2.38. The van der Waals surface area contributed by atoms with Gasteiger partial charge in [0.25, 0.3) is 0 Å². The Morgan fingerprint density at radius 2 is 1.36 bits per heavy atom. The van der Waals surface area contributed by atoms with Crippen LogP contribution < -0.4 is 0 Å². The molecule has 0 spiro atoms. The van der Waals surface area contributed by atoms with E-state index in [1.165, 1.54) is 6.26 Å². The van der Waals surface area contributed by atoms with Crippen molar-refractivity contribution in [2.45, 2.75) is 52.1 Å². The van der Waals surface area contributed by atoms with Gasteiger partial charge in [0, 0.05) is 19.1 Å². The maximum atomic E-state index is 11.4. The van der Waals surface area contributed by atoms with Crippen molar-refractivity contribution >= 4 is 33.8 Å². The second-order valence-corrected chi connectivity index (χ2v) is 7.94. The topological polar surface area (TPSA) is 96.0 Å². The highest BCUT2D eigenvalue weighted by atomic mass is 32.2. The van der Waals surface area contributed by atoms with Crippen molar-refractivity contribution in [3.63, 3.8) is 0 Å². The van der Waals surface area contributed by atoms with Crippen molar-refractivity contribution in [3.8, 4) is 0 Å². The molecule has 0 radical (unpaired) electrons. The lowest BCUT2D eigenvalue weighted by molar-refractivity contribution is -0.143. The molecule has 2 unspecified atom stereocenters. The average molecular weight is 356 g/mol. The molecule has 0 N–H and O–H groups in total. The van der Waals surface area contributed by atoms with Crippen LogP contribution in [0.15, 0.2) is 0 Å². The van der Waals surface area contributed by atoms with E-state index in [-0.39, 0.29) is 24.7 Å². The molecule has 0 aliphatic rings. The number of rotatable bonds is 10. The summed E-state index contributed by atoms with van der Waals surface area (Å²) in [6.07, 6.45) is 2.64. The molecule has 0 saturated carbocycles. The highest BCUT2D eigenvalue weighted by Gasteiger charge is 2.16. The lowest BCUT2D eigenvalue weighted by Crippen LogP contribution is -2.23. The highest BCUT2D eigenvalue weighted by Crippen LogP contribution is 2.10. The van der Waals surface area contributed by atoms with E-state index in [4.69, 9.17) is 13.7 Å². The maximum absolute atomic E-state index is 11.4. The smallest absolute Gasteiger partial charge is 0.306 e. The first-order valence-corrected chi connectivity index (χ1v) is 9.76. The van der Waals surface area contributed by atoms with Crippen LogP contribution in [0.1, 0.15) is 46.5 Å². The predicted molar refractivity (Wildman–Crippen MR) is 83.4 cm³/mol. The zero-order valence-corrected chi connectivity index (χ0v) is 15.0. The molecule has 0 fully saturated rings. The summed E-state index contributed by atoms with van der Waals surface area (Å²) in [6.45, 7) is 5.25. The van der Waals surface area contributed by atoms with E-state index in [0.717, 1.165) is 0 Å². The van der Waals surface area contributed by atoms with E-state index in [1.54, 1.807) is 20.8 Å². The first-order valence-electron chi connectivity index (χ1n) is 6.79. The standard InChI is InChI=1S/C13H24O7S2/c1-13(2,3)20-22(17)10-19-12(15)8-6-5-7-11(14)18-9-21(4)16/h5-10H2,1-4H3. The third kappa shape index (κ3) is 14.2. The van der Waals surface area contributed by atoms with Gasteiger partial charge < -0.3 is 9.47 Å². The Hall–Kier alpha value is -0.800. The number of carbonyl (C=O) groups is 2. The molecular weight excluding hydrogens is 332 g/mol. The van der Waals surface area contributed by atoms with Crippen molar-refractivity contribution in [1.82, 2.24) is 0 Å².